The van der Waals surface area contributed by atoms with Gasteiger partial charge in [-0.05, 0) is 19.9 Å². The summed E-state index contributed by atoms with van der Waals surface area (Å²) >= 11 is 0. The summed E-state index contributed by atoms with van der Waals surface area (Å²) in [5.41, 5.74) is 8.08. The number of oxazole rings is 1. The molecule has 0 radical (unpaired) electrons. The van der Waals surface area contributed by atoms with Crippen molar-refractivity contribution in [1.82, 2.24) is 9.88 Å². The number of likely N-dealkylation sites (N-methyl/N-ethyl adjacent to an activating group) is 2. The van der Waals surface area contributed by atoms with Gasteiger partial charge in [-0.2, -0.15) is 0 Å². The number of rotatable bonds is 5. The Morgan fingerprint density at radius 3 is 2.62 bits per heavy atom. The van der Waals surface area contributed by atoms with Crippen molar-refractivity contribution in [3.63, 3.8) is 0 Å². The van der Waals surface area contributed by atoms with Gasteiger partial charge in [0.2, 0.25) is 5.91 Å². The van der Waals surface area contributed by atoms with E-state index in [1.54, 1.807) is 29.0 Å². The predicted molar refractivity (Wildman–Crippen MR) is 82.4 cm³/mol. The number of carbonyl (C=O) groups excluding carboxylic acids is 1. The molecule has 1 aromatic carbocycles. The number of hydrogen-bond donors (Lipinski definition) is 2. The van der Waals surface area contributed by atoms with Gasteiger partial charge in [-0.1, -0.05) is 0 Å². The molecule has 0 saturated carbocycles. The Balaban J connectivity index is 2.26. The molecule has 1 amide bonds. The number of amides is 1. The van der Waals surface area contributed by atoms with Crippen molar-refractivity contribution in [3.8, 4) is 0 Å². The van der Waals surface area contributed by atoms with E-state index in [-0.39, 0.29) is 12.5 Å². The SMILES string of the molecule is CCN(CC)C(=O)CN(C)c1cc2[nH]c(=O)oc2cc1N. The molecule has 21 heavy (non-hydrogen) atoms. The van der Waals surface area contributed by atoms with Gasteiger partial charge < -0.3 is 20.0 Å². The molecule has 2 aromatic rings. The van der Waals surface area contributed by atoms with Gasteiger partial charge in [0.15, 0.2) is 5.58 Å². The maximum atomic E-state index is 12.1. The molecule has 7 nitrogen and oxygen atoms in total. The van der Waals surface area contributed by atoms with Crippen LogP contribution in [-0.4, -0.2) is 42.5 Å². The van der Waals surface area contributed by atoms with Crippen LogP contribution in [0.2, 0.25) is 0 Å². The second-order valence-electron chi connectivity index (χ2n) is 4.84. The minimum absolute atomic E-state index is 0.0303. The third-order valence-corrected chi connectivity index (χ3v) is 3.47. The number of hydrogen-bond acceptors (Lipinski definition) is 5. The Morgan fingerprint density at radius 2 is 2.00 bits per heavy atom. The smallest absolute Gasteiger partial charge is 0.408 e. The Morgan fingerprint density at radius 1 is 1.33 bits per heavy atom. The summed E-state index contributed by atoms with van der Waals surface area (Å²) in [5.74, 6) is -0.494. The van der Waals surface area contributed by atoms with E-state index < -0.39 is 5.76 Å². The fraction of sp³-hybridized carbons (Fsp3) is 0.429. The molecule has 1 aromatic heterocycles. The minimum Gasteiger partial charge on any atom is -0.408 e. The highest BCUT2D eigenvalue weighted by molar-refractivity contribution is 5.88. The third-order valence-electron chi connectivity index (χ3n) is 3.47. The van der Waals surface area contributed by atoms with E-state index in [4.69, 9.17) is 10.2 Å². The molecule has 3 N–H and O–H groups in total. The quantitative estimate of drug-likeness (QED) is 0.802. The van der Waals surface area contributed by atoms with Crippen LogP contribution in [0.3, 0.4) is 0 Å². The van der Waals surface area contributed by atoms with Crippen molar-refractivity contribution in [1.29, 1.82) is 0 Å². The van der Waals surface area contributed by atoms with Crippen LogP contribution in [0.25, 0.3) is 11.1 Å². The zero-order chi connectivity index (χ0) is 15.6. The van der Waals surface area contributed by atoms with Crippen molar-refractivity contribution >= 4 is 28.4 Å². The van der Waals surface area contributed by atoms with Crippen LogP contribution in [0.5, 0.6) is 0 Å². The van der Waals surface area contributed by atoms with Crippen LogP contribution in [0.4, 0.5) is 11.4 Å². The van der Waals surface area contributed by atoms with Crippen molar-refractivity contribution in [2.75, 3.05) is 37.3 Å². The first-order valence-electron chi connectivity index (χ1n) is 6.87. The predicted octanol–water partition coefficient (Wildman–Crippen LogP) is 1.01. The van der Waals surface area contributed by atoms with Gasteiger partial charge in [-0.3, -0.25) is 9.78 Å². The van der Waals surface area contributed by atoms with Crippen LogP contribution in [-0.2, 0) is 4.79 Å². The van der Waals surface area contributed by atoms with Crippen molar-refractivity contribution in [3.05, 3.63) is 22.7 Å². The third kappa shape index (κ3) is 3.01. The zero-order valence-corrected chi connectivity index (χ0v) is 12.5. The van der Waals surface area contributed by atoms with E-state index in [0.717, 1.165) is 0 Å². The number of nitrogens with one attached hydrogen (secondary N) is 1. The molecule has 0 unspecified atom stereocenters. The maximum Gasteiger partial charge on any atom is 0.417 e. The molecule has 114 valence electrons. The zero-order valence-electron chi connectivity index (χ0n) is 12.5. The van der Waals surface area contributed by atoms with Crippen molar-refractivity contribution < 1.29 is 9.21 Å². The number of anilines is 2. The highest BCUT2D eigenvalue weighted by Gasteiger charge is 2.16. The summed E-state index contributed by atoms with van der Waals surface area (Å²) in [6.45, 7) is 5.45. The lowest BCUT2D eigenvalue weighted by Crippen LogP contribution is -2.39. The molecule has 0 atom stereocenters. The van der Waals surface area contributed by atoms with E-state index in [1.165, 1.54) is 0 Å². The molecule has 0 spiro atoms. The second-order valence-corrected chi connectivity index (χ2v) is 4.84. The Labute approximate surface area is 122 Å². The van der Waals surface area contributed by atoms with Crippen LogP contribution in [0.15, 0.2) is 21.3 Å². The first kappa shape index (κ1) is 15.0. The van der Waals surface area contributed by atoms with E-state index in [1.807, 2.05) is 13.8 Å². The molecule has 0 aliphatic carbocycles. The van der Waals surface area contributed by atoms with Crippen LogP contribution < -0.4 is 16.4 Å². The Kier molecular flexibility index (Phi) is 4.21. The number of fused-ring (bicyclic) bond motifs is 1. The van der Waals surface area contributed by atoms with Gasteiger partial charge in [0.1, 0.15) is 0 Å². The topological polar surface area (TPSA) is 95.6 Å². The molecule has 0 aliphatic heterocycles. The molecule has 0 aliphatic rings. The first-order valence-corrected chi connectivity index (χ1v) is 6.87. The fourth-order valence-electron chi connectivity index (χ4n) is 2.30. The number of carbonyl (C=O) groups is 1. The summed E-state index contributed by atoms with van der Waals surface area (Å²) in [7, 11) is 1.79. The summed E-state index contributed by atoms with van der Waals surface area (Å²) < 4.78 is 4.95. The number of nitrogen functional groups attached to an aromatic ring is 1. The van der Waals surface area contributed by atoms with E-state index in [0.29, 0.717) is 35.6 Å². The largest absolute Gasteiger partial charge is 0.417 e. The molecule has 0 bridgehead atoms. The number of aromatic amines is 1. The Bertz CT molecular complexity index is 700. The molecule has 2 rings (SSSR count). The standard InChI is InChI=1S/C14H20N4O3/c1-4-18(5-2)13(19)8-17(3)11-7-10-12(6-9(11)15)21-14(20)16-10/h6-7H,4-5,8,15H2,1-3H3,(H,16,20). The highest BCUT2D eigenvalue weighted by atomic mass is 16.4. The van der Waals surface area contributed by atoms with Crippen LogP contribution in [0, 0.1) is 0 Å². The summed E-state index contributed by atoms with van der Waals surface area (Å²) in [6.07, 6.45) is 0. The monoisotopic (exact) mass is 292 g/mol. The number of nitrogens with two attached hydrogens (primary N) is 1. The lowest BCUT2D eigenvalue weighted by atomic mass is 10.2. The molecule has 0 fully saturated rings. The van der Waals surface area contributed by atoms with Gasteiger partial charge >= 0.3 is 5.76 Å². The Hall–Kier alpha value is -2.44. The van der Waals surface area contributed by atoms with Crippen LogP contribution >= 0.6 is 0 Å². The normalized spacial score (nSPS) is 10.8. The van der Waals surface area contributed by atoms with E-state index in [2.05, 4.69) is 4.98 Å². The number of H-pyrrole nitrogens is 1. The summed E-state index contributed by atoms with van der Waals surface area (Å²) in [6, 6.07) is 3.30. The first-order chi connectivity index (χ1) is 9.96. The minimum atomic E-state index is -0.525. The number of benzene rings is 1. The van der Waals surface area contributed by atoms with Gasteiger partial charge in [0, 0.05) is 26.2 Å². The summed E-state index contributed by atoms with van der Waals surface area (Å²) in [4.78, 5) is 29.4. The van der Waals surface area contributed by atoms with Gasteiger partial charge in [0.25, 0.3) is 0 Å². The van der Waals surface area contributed by atoms with Crippen molar-refractivity contribution in [2.24, 2.45) is 0 Å². The lowest BCUT2D eigenvalue weighted by molar-refractivity contribution is -0.129. The molecule has 7 heteroatoms. The van der Waals surface area contributed by atoms with Gasteiger partial charge in [-0.25, -0.2) is 4.79 Å². The number of nitrogens with zero attached hydrogens (tertiary/aromatic N) is 2. The lowest BCUT2D eigenvalue weighted by Gasteiger charge is -2.25. The molecular weight excluding hydrogens is 272 g/mol. The number of aromatic nitrogens is 1. The van der Waals surface area contributed by atoms with Gasteiger partial charge in [0.05, 0.1) is 23.4 Å². The van der Waals surface area contributed by atoms with Crippen LogP contribution in [0.1, 0.15) is 13.8 Å². The van der Waals surface area contributed by atoms with Crippen molar-refractivity contribution in [2.45, 2.75) is 13.8 Å². The van der Waals surface area contributed by atoms with E-state index in [9.17, 15) is 9.59 Å². The average molecular weight is 292 g/mol. The summed E-state index contributed by atoms with van der Waals surface area (Å²) in [5, 5.41) is 0. The highest BCUT2D eigenvalue weighted by Crippen LogP contribution is 2.27. The fourth-order valence-corrected chi connectivity index (χ4v) is 2.30. The average Bonchev–Trinajstić information content (AvgIpc) is 2.78. The molecular formula is C14H20N4O3. The maximum absolute atomic E-state index is 12.1. The van der Waals surface area contributed by atoms with E-state index >= 15 is 0 Å². The van der Waals surface area contributed by atoms with Gasteiger partial charge in [-0.15, -0.1) is 0 Å². The second kappa shape index (κ2) is 5.90. The molecule has 1 heterocycles. The molecule has 0 saturated heterocycles.